The summed E-state index contributed by atoms with van der Waals surface area (Å²) in [7, 11) is 0. The van der Waals surface area contributed by atoms with Crippen molar-refractivity contribution >= 4 is 23.1 Å². The van der Waals surface area contributed by atoms with Gasteiger partial charge in [-0.2, -0.15) is 5.10 Å². The molecule has 1 amide bonds. The lowest BCUT2D eigenvalue weighted by molar-refractivity contribution is 0.102. The van der Waals surface area contributed by atoms with Gasteiger partial charge in [-0.15, -0.1) is 0 Å². The van der Waals surface area contributed by atoms with E-state index < -0.39 is 0 Å². The molecule has 0 unspecified atom stereocenters. The Kier molecular flexibility index (Phi) is 3.74. The lowest BCUT2D eigenvalue weighted by Gasteiger charge is -2.28. The number of aromatic amines is 1. The summed E-state index contributed by atoms with van der Waals surface area (Å²) >= 11 is 0. The molecule has 0 aliphatic carbocycles. The summed E-state index contributed by atoms with van der Waals surface area (Å²) in [5.74, 6) is 0.0288. The molecule has 0 bridgehead atoms. The van der Waals surface area contributed by atoms with Gasteiger partial charge < -0.3 is 20.7 Å². The summed E-state index contributed by atoms with van der Waals surface area (Å²) < 4.78 is 5.33. The molecule has 2 aromatic rings. The molecule has 2 heterocycles. The first kappa shape index (κ1) is 13.4. The van der Waals surface area contributed by atoms with Gasteiger partial charge in [0.05, 0.1) is 13.2 Å². The van der Waals surface area contributed by atoms with Gasteiger partial charge in [0, 0.05) is 30.5 Å². The largest absolute Gasteiger partial charge is 0.382 e. The first-order valence-corrected chi connectivity index (χ1v) is 6.77. The van der Waals surface area contributed by atoms with Gasteiger partial charge in [0.25, 0.3) is 5.91 Å². The fourth-order valence-electron chi connectivity index (χ4n) is 2.23. The van der Waals surface area contributed by atoms with Crippen LogP contribution in [0.2, 0.25) is 0 Å². The van der Waals surface area contributed by atoms with Crippen LogP contribution in [0.1, 0.15) is 10.5 Å². The SMILES string of the molecule is Nc1cc(C(=O)Nc2ccc(N3CCOCC3)cc2)[nH]n1. The molecule has 0 radical (unpaired) electrons. The van der Waals surface area contributed by atoms with E-state index in [0.29, 0.717) is 11.5 Å². The van der Waals surface area contributed by atoms with Crippen LogP contribution in [0.3, 0.4) is 0 Å². The molecule has 21 heavy (non-hydrogen) atoms. The van der Waals surface area contributed by atoms with Crippen molar-refractivity contribution in [2.45, 2.75) is 0 Å². The van der Waals surface area contributed by atoms with Crippen LogP contribution in [0.4, 0.5) is 17.2 Å². The fraction of sp³-hybridized carbons (Fsp3) is 0.286. The van der Waals surface area contributed by atoms with Gasteiger partial charge in [0.2, 0.25) is 0 Å². The average Bonchev–Trinajstić information content (AvgIpc) is 2.96. The maximum atomic E-state index is 11.9. The molecule has 1 fully saturated rings. The quantitative estimate of drug-likeness (QED) is 0.785. The molecular weight excluding hydrogens is 270 g/mol. The lowest BCUT2D eigenvalue weighted by Crippen LogP contribution is -2.36. The van der Waals surface area contributed by atoms with E-state index in [9.17, 15) is 4.79 Å². The van der Waals surface area contributed by atoms with E-state index in [1.807, 2.05) is 24.3 Å². The Morgan fingerprint density at radius 2 is 2.00 bits per heavy atom. The third-order valence-electron chi connectivity index (χ3n) is 3.34. The number of amides is 1. The van der Waals surface area contributed by atoms with E-state index in [0.717, 1.165) is 37.7 Å². The minimum absolute atomic E-state index is 0.265. The lowest BCUT2D eigenvalue weighted by atomic mass is 10.2. The van der Waals surface area contributed by atoms with Crippen LogP contribution in [-0.4, -0.2) is 42.4 Å². The minimum atomic E-state index is -0.265. The second-order valence-corrected chi connectivity index (χ2v) is 4.81. The Hall–Kier alpha value is -2.54. The number of H-pyrrole nitrogens is 1. The number of nitrogen functional groups attached to an aromatic ring is 1. The number of aromatic nitrogens is 2. The van der Waals surface area contributed by atoms with Crippen LogP contribution < -0.4 is 16.0 Å². The smallest absolute Gasteiger partial charge is 0.273 e. The summed E-state index contributed by atoms with van der Waals surface area (Å²) in [5.41, 5.74) is 7.67. The monoisotopic (exact) mass is 287 g/mol. The van der Waals surface area contributed by atoms with Gasteiger partial charge >= 0.3 is 0 Å². The number of nitrogens with two attached hydrogens (primary N) is 1. The molecule has 0 saturated carbocycles. The van der Waals surface area contributed by atoms with E-state index in [1.54, 1.807) is 0 Å². The van der Waals surface area contributed by atoms with Crippen molar-refractivity contribution in [3.63, 3.8) is 0 Å². The molecule has 1 aromatic carbocycles. The van der Waals surface area contributed by atoms with Gasteiger partial charge in [0.15, 0.2) is 0 Å². The maximum absolute atomic E-state index is 11.9. The van der Waals surface area contributed by atoms with Crippen molar-refractivity contribution in [3.8, 4) is 0 Å². The van der Waals surface area contributed by atoms with E-state index in [2.05, 4.69) is 20.4 Å². The van der Waals surface area contributed by atoms with Crippen molar-refractivity contribution in [2.75, 3.05) is 42.3 Å². The zero-order valence-corrected chi connectivity index (χ0v) is 11.5. The van der Waals surface area contributed by atoms with Crippen LogP contribution in [0.25, 0.3) is 0 Å². The molecule has 3 rings (SSSR count). The Balaban J connectivity index is 1.65. The minimum Gasteiger partial charge on any atom is -0.382 e. The molecular formula is C14H17N5O2. The second-order valence-electron chi connectivity index (χ2n) is 4.81. The highest BCUT2D eigenvalue weighted by molar-refractivity contribution is 6.03. The van der Waals surface area contributed by atoms with Gasteiger partial charge in [0.1, 0.15) is 11.5 Å². The van der Waals surface area contributed by atoms with Crippen LogP contribution >= 0.6 is 0 Å². The van der Waals surface area contributed by atoms with Crippen LogP contribution in [0.15, 0.2) is 30.3 Å². The number of hydrogen-bond acceptors (Lipinski definition) is 5. The number of morpholine rings is 1. The zero-order valence-electron chi connectivity index (χ0n) is 11.5. The number of carbonyl (C=O) groups excluding carboxylic acids is 1. The standard InChI is InChI=1S/C14H17N5O2/c15-13-9-12(17-18-13)14(20)16-10-1-3-11(4-2-10)19-5-7-21-8-6-19/h1-4,9H,5-8H2,(H,16,20)(H3,15,17,18). The number of anilines is 3. The molecule has 4 N–H and O–H groups in total. The predicted octanol–water partition coefficient (Wildman–Crippen LogP) is 1.08. The summed E-state index contributed by atoms with van der Waals surface area (Å²) in [6.45, 7) is 3.28. The molecule has 1 saturated heterocycles. The predicted molar refractivity (Wildman–Crippen MR) is 80.4 cm³/mol. The van der Waals surface area contributed by atoms with Crippen molar-refractivity contribution in [2.24, 2.45) is 0 Å². The van der Waals surface area contributed by atoms with E-state index in [-0.39, 0.29) is 5.91 Å². The average molecular weight is 287 g/mol. The summed E-state index contributed by atoms with van der Waals surface area (Å²) in [5, 5.41) is 9.10. The number of nitrogens with zero attached hydrogens (tertiary/aromatic N) is 2. The van der Waals surface area contributed by atoms with Crippen LogP contribution in [0, 0.1) is 0 Å². The molecule has 0 atom stereocenters. The number of carbonyl (C=O) groups is 1. The maximum Gasteiger partial charge on any atom is 0.273 e. The van der Waals surface area contributed by atoms with Crippen molar-refractivity contribution in [1.29, 1.82) is 0 Å². The topological polar surface area (TPSA) is 96.3 Å². The molecule has 7 nitrogen and oxygen atoms in total. The van der Waals surface area contributed by atoms with Crippen molar-refractivity contribution in [1.82, 2.24) is 10.2 Å². The van der Waals surface area contributed by atoms with Gasteiger partial charge in [-0.1, -0.05) is 0 Å². The number of ether oxygens (including phenoxy) is 1. The van der Waals surface area contributed by atoms with Crippen LogP contribution in [0.5, 0.6) is 0 Å². The van der Waals surface area contributed by atoms with Gasteiger partial charge in [-0.25, -0.2) is 0 Å². The summed E-state index contributed by atoms with van der Waals surface area (Å²) in [6.07, 6.45) is 0. The molecule has 1 aliphatic rings. The highest BCUT2D eigenvalue weighted by atomic mass is 16.5. The first-order valence-electron chi connectivity index (χ1n) is 6.77. The zero-order chi connectivity index (χ0) is 14.7. The van der Waals surface area contributed by atoms with Gasteiger partial charge in [-0.3, -0.25) is 9.89 Å². The first-order chi connectivity index (χ1) is 10.2. The number of nitrogens with one attached hydrogen (secondary N) is 2. The third-order valence-corrected chi connectivity index (χ3v) is 3.34. The normalized spacial score (nSPS) is 15.0. The second kappa shape index (κ2) is 5.84. The Morgan fingerprint density at radius 1 is 1.29 bits per heavy atom. The number of benzene rings is 1. The molecule has 110 valence electrons. The van der Waals surface area contributed by atoms with Gasteiger partial charge in [-0.05, 0) is 24.3 Å². The molecule has 1 aromatic heterocycles. The highest BCUT2D eigenvalue weighted by Gasteiger charge is 2.12. The Bertz CT molecular complexity index is 617. The van der Waals surface area contributed by atoms with Crippen LogP contribution in [-0.2, 0) is 4.74 Å². The molecule has 7 heteroatoms. The summed E-state index contributed by atoms with van der Waals surface area (Å²) in [6, 6.07) is 9.23. The Labute approximate surface area is 122 Å². The van der Waals surface area contributed by atoms with E-state index in [4.69, 9.17) is 10.5 Å². The fourth-order valence-corrected chi connectivity index (χ4v) is 2.23. The molecule has 0 spiro atoms. The number of hydrogen-bond donors (Lipinski definition) is 3. The van der Waals surface area contributed by atoms with Crippen molar-refractivity contribution < 1.29 is 9.53 Å². The Morgan fingerprint density at radius 3 is 2.62 bits per heavy atom. The number of rotatable bonds is 3. The van der Waals surface area contributed by atoms with Crippen molar-refractivity contribution in [3.05, 3.63) is 36.0 Å². The highest BCUT2D eigenvalue weighted by Crippen LogP contribution is 2.19. The van der Waals surface area contributed by atoms with E-state index in [1.165, 1.54) is 6.07 Å². The molecule has 1 aliphatic heterocycles. The van der Waals surface area contributed by atoms with E-state index >= 15 is 0 Å². The third kappa shape index (κ3) is 3.14. The summed E-state index contributed by atoms with van der Waals surface area (Å²) in [4.78, 5) is 14.2.